The number of nitrogens with zero attached hydrogens (tertiary/aromatic N) is 1. The van der Waals surface area contributed by atoms with Gasteiger partial charge in [0, 0.05) is 39.7 Å². The zero-order chi connectivity index (χ0) is 25.4. The van der Waals surface area contributed by atoms with Crippen molar-refractivity contribution in [3.8, 4) is 0 Å². The van der Waals surface area contributed by atoms with Gasteiger partial charge in [-0.15, -0.1) is 0 Å². The maximum atomic E-state index is 15.3. The molecule has 0 N–H and O–H groups in total. The summed E-state index contributed by atoms with van der Waals surface area (Å²) in [7, 11) is 9.75. The van der Waals surface area contributed by atoms with Gasteiger partial charge in [-0.1, -0.05) is 12.2 Å². The molecule has 5 aliphatic rings. The Balaban J connectivity index is 1.44. The van der Waals surface area contributed by atoms with Crippen LogP contribution in [0.5, 0.6) is 0 Å². The molecule has 0 radical (unpaired) electrons. The first-order valence-electron chi connectivity index (χ1n) is 14.7. The Hall–Kier alpha value is -0.530. The second-order valence-electron chi connectivity index (χ2n) is 12.7. The van der Waals surface area contributed by atoms with Gasteiger partial charge in [0.2, 0.25) is 0 Å². The lowest BCUT2D eigenvalue weighted by Crippen LogP contribution is -2.60. The fourth-order valence-corrected chi connectivity index (χ4v) is 8.93. The van der Waals surface area contributed by atoms with Crippen LogP contribution in [-0.4, -0.2) is 82.6 Å². The third kappa shape index (κ3) is 4.95. The van der Waals surface area contributed by atoms with E-state index >= 15 is 4.39 Å². The van der Waals surface area contributed by atoms with E-state index in [0.717, 1.165) is 44.9 Å². The molecule has 1 heterocycles. The average molecular weight is 508 g/mol. The monoisotopic (exact) mass is 507 g/mol. The molecule has 4 saturated carbocycles. The van der Waals surface area contributed by atoms with Gasteiger partial charge in [-0.05, 0) is 102 Å². The maximum absolute atomic E-state index is 15.3. The van der Waals surface area contributed by atoms with Crippen molar-refractivity contribution in [3.05, 3.63) is 12.2 Å². The molecule has 1 aliphatic heterocycles. The Morgan fingerprint density at radius 3 is 2.14 bits per heavy atom. The Kier molecular flexibility index (Phi) is 8.49. The van der Waals surface area contributed by atoms with Crippen molar-refractivity contribution in [1.82, 2.24) is 4.90 Å². The number of hydrogen-bond acceptors (Lipinski definition) is 5. The normalized spacial score (nSPS) is 49.5. The van der Waals surface area contributed by atoms with Gasteiger partial charge in [-0.3, -0.25) is 0 Å². The molecule has 0 aromatic heterocycles. The minimum absolute atomic E-state index is 0.175. The summed E-state index contributed by atoms with van der Waals surface area (Å²) in [6.07, 6.45) is 15.8. The first-order chi connectivity index (χ1) is 17.4. The van der Waals surface area contributed by atoms with Crippen LogP contribution in [-0.2, 0) is 18.9 Å². The van der Waals surface area contributed by atoms with Crippen molar-refractivity contribution >= 4 is 0 Å². The van der Waals surface area contributed by atoms with E-state index < -0.39 is 6.17 Å². The molecule has 0 amide bonds. The lowest BCUT2D eigenvalue weighted by atomic mass is 9.59. The number of methoxy groups -OCH3 is 3. The summed E-state index contributed by atoms with van der Waals surface area (Å²) >= 11 is 0. The number of ether oxygens (including phenoxy) is 4. The highest BCUT2D eigenvalue weighted by molar-refractivity contribution is 5.19. The van der Waals surface area contributed by atoms with Crippen LogP contribution in [0.15, 0.2) is 12.2 Å². The summed E-state index contributed by atoms with van der Waals surface area (Å²) in [5.41, 5.74) is -0.369. The van der Waals surface area contributed by atoms with Crippen molar-refractivity contribution in [3.63, 3.8) is 0 Å². The average Bonchev–Trinajstić information content (AvgIpc) is 2.91. The molecular weight excluding hydrogens is 457 g/mol. The van der Waals surface area contributed by atoms with Crippen LogP contribution < -0.4 is 0 Å². The van der Waals surface area contributed by atoms with E-state index in [-0.39, 0.29) is 35.9 Å². The quantitative estimate of drug-likeness (QED) is 0.449. The second-order valence-corrected chi connectivity index (χ2v) is 12.7. The highest BCUT2D eigenvalue weighted by atomic mass is 19.1. The number of alkyl halides is 1. The highest BCUT2D eigenvalue weighted by Crippen LogP contribution is 2.55. The molecule has 0 saturated heterocycles. The van der Waals surface area contributed by atoms with Crippen LogP contribution in [0.4, 0.5) is 4.39 Å². The summed E-state index contributed by atoms with van der Waals surface area (Å²) in [6.45, 7) is 0. The van der Waals surface area contributed by atoms with E-state index in [9.17, 15) is 0 Å². The molecule has 10 atom stereocenters. The molecule has 0 aromatic carbocycles. The number of halogens is 1. The van der Waals surface area contributed by atoms with Crippen LogP contribution in [0.3, 0.4) is 0 Å². The van der Waals surface area contributed by atoms with E-state index in [1.54, 1.807) is 7.11 Å². The van der Waals surface area contributed by atoms with E-state index in [0.29, 0.717) is 36.1 Å². The van der Waals surface area contributed by atoms with Gasteiger partial charge in [0.05, 0.1) is 30.0 Å². The van der Waals surface area contributed by atoms with E-state index in [2.05, 4.69) is 31.1 Å². The van der Waals surface area contributed by atoms with E-state index in [1.807, 2.05) is 14.2 Å². The van der Waals surface area contributed by atoms with E-state index in [4.69, 9.17) is 18.9 Å². The molecule has 4 fully saturated rings. The summed E-state index contributed by atoms with van der Waals surface area (Å²) in [4.78, 5) is 2.38. The number of rotatable bonds is 6. The zero-order valence-corrected chi connectivity index (χ0v) is 23.2. The summed E-state index contributed by atoms with van der Waals surface area (Å²) < 4.78 is 40.2. The molecule has 0 aromatic rings. The minimum atomic E-state index is -0.914. The fraction of sp³-hybridized carbons (Fsp3) is 0.933. The Bertz CT molecular complexity index is 755. The van der Waals surface area contributed by atoms with Gasteiger partial charge in [-0.2, -0.15) is 0 Å². The predicted octanol–water partition coefficient (Wildman–Crippen LogP) is 5.42. The van der Waals surface area contributed by atoms with Crippen molar-refractivity contribution < 1.29 is 23.3 Å². The van der Waals surface area contributed by atoms with Crippen LogP contribution in [0.1, 0.15) is 70.6 Å². The Morgan fingerprint density at radius 2 is 1.50 bits per heavy atom. The van der Waals surface area contributed by atoms with Crippen molar-refractivity contribution in [2.24, 2.45) is 29.6 Å². The molecule has 0 bridgehead atoms. The molecule has 10 unspecified atom stereocenters. The number of fused-ring (bicyclic) bond motifs is 3. The van der Waals surface area contributed by atoms with E-state index in [1.165, 1.54) is 19.3 Å². The van der Waals surface area contributed by atoms with Crippen LogP contribution in [0.25, 0.3) is 0 Å². The van der Waals surface area contributed by atoms with Gasteiger partial charge < -0.3 is 23.8 Å². The summed E-state index contributed by atoms with van der Waals surface area (Å²) in [6, 6.07) is 0.638. The molecule has 0 spiro atoms. The van der Waals surface area contributed by atoms with Gasteiger partial charge in [0.1, 0.15) is 6.17 Å². The van der Waals surface area contributed by atoms with Gasteiger partial charge in [-0.25, -0.2) is 4.39 Å². The Morgan fingerprint density at radius 1 is 0.778 bits per heavy atom. The molecular formula is C30H50FNO4. The summed E-state index contributed by atoms with van der Waals surface area (Å²) in [5.74, 6) is 2.06. The van der Waals surface area contributed by atoms with Crippen molar-refractivity contribution in [2.45, 2.75) is 113 Å². The molecule has 5 nitrogen and oxygen atoms in total. The third-order valence-electron chi connectivity index (χ3n) is 11.0. The van der Waals surface area contributed by atoms with Crippen LogP contribution in [0, 0.1) is 29.6 Å². The summed E-state index contributed by atoms with van der Waals surface area (Å²) in [5, 5.41) is 0. The van der Waals surface area contributed by atoms with Crippen molar-refractivity contribution in [1.29, 1.82) is 0 Å². The van der Waals surface area contributed by atoms with Crippen LogP contribution >= 0.6 is 0 Å². The highest BCUT2D eigenvalue weighted by Gasteiger charge is 2.56. The smallest absolute Gasteiger partial charge is 0.127 e. The third-order valence-corrected chi connectivity index (χ3v) is 11.0. The lowest BCUT2D eigenvalue weighted by molar-refractivity contribution is -0.219. The fourth-order valence-electron chi connectivity index (χ4n) is 8.93. The van der Waals surface area contributed by atoms with Crippen molar-refractivity contribution in [2.75, 3.05) is 35.4 Å². The van der Waals surface area contributed by atoms with Crippen LogP contribution in [0.2, 0.25) is 0 Å². The molecule has 206 valence electrons. The number of hydrogen-bond donors (Lipinski definition) is 0. The first-order valence-corrected chi connectivity index (χ1v) is 14.7. The largest absolute Gasteiger partial charge is 0.381 e. The SMILES string of the molecule is COC1CC(OC)C2CCC3C=CC(C4CCC(N(C)C)CC4)(C4CCC(OC)C(F)C4)OC3C2C1. The first kappa shape index (κ1) is 27.1. The molecule has 6 heteroatoms. The molecule has 4 aliphatic carbocycles. The second kappa shape index (κ2) is 11.3. The maximum Gasteiger partial charge on any atom is 0.127 e. The lowest BCUT2D eigenvalue weighted by Gasteiger charge is -2.57. The molecule has 5 rings (SSSR count). The molecule has 36 heavy (non-hydrogen) atoms. The standard InChI is InChI=1S/C30H50FNO4/c1-32(2)22-10-7-20(8-11-22)30(21-9-13-27(34-4)26(31)16-21)15-14-19-6-12-24-25(29(19)36-30)17-23(33-3)18-28(24)35-5/h14-15,19-29H,6-13,16-18H2,1-5H3. The minimum Gasteiger partial charge on any atom is -0.381 e. The zero-order valence-electron chi connectivity index (χ0n) is 23.2. The van der Waals surface area contributed by atoms with Gasteiger partial charge in [0.25, 0.3) is 0 Å². The topological polar surface area (TPSA) is 40.2 Å². The van der Waals surface area contributed by atoms with Gasteiger partial charge >= 0.3 is 0 Å². The Labute approximate surface area is 218 Å². The predicted molar refractivity (Wildman–Crippen MR) is 140 cm³/mol. The van der Waals surface area contributed by atoms with Gasteiger partial charge in [0.15, 0.2) is 0 Å².